The van der Waals surface area contributed by atoms with Gasteiger partial charge in [-0.2, -0.15) is 0 Å². The number of aliphatic carboxylic acids is 1. The lowest BCUT2D eigenvalue weighted by molar-refractivity contribution is -0.152. The van der Waals surface area contributed by atoms with Gasteiger partial charge in [-0.05, 0) is 6.92 Å². The maximum Gasteiger partial charge on any atom is 0.327 e. The number of hydrogen-bond donors (Lipinski definition) is 1. The zero-order chi connectivity index (χ0) is 16.4. The Kier molecular flexibility index (Phi) is 5.80. The molecule has 120 valence electrons. The largest absolute Gasteiger partial charge is 0.480 e. The molecular formula is C12H19NO6S2. The fourth-order valence-electron chi connectivity index (χ4n) is 2.27. The standard InChI is InChI=1S/C12H19NO6S2/c1-7(4-20-9(3)14)11(15)13-8(2)5-21(18,19)6-10(13)12(16)17/h7-8,10H,4-6H2,1-3H3,(H,16,17). The number of sulfone groups is 1. The Labute approximate surface area is 128 Å². The summed E-state index contributed by atoms with van der Waals surface area (Å²) >= 11 is 0.990. The summed E-state index contributed by atoms with van der Waals surface area (Å²) in [4.78, 5) is 35.7. The predicted molar refractivity (Wildman–Crippen MR) is 78.7 cm³/mol. The summed E-state index contributed by atoms with van der Waals surface area (Å²) in [6, 6.07) is -2.06. The summed E-state index contributed by atoms with van der Waals surface area (Å²) in [5.41, 5.74) is 0. The van der Waals surface area contributed by atoms with Crippen LogP contribution < -0.4 is 0 Å². The van der Waals surface area contributed by atoms with Crippen LogP contribution in [0.15, 0.2) is 0 Å². The molecule has 1 rings (SSSR count). The van der Waals surface area contributed by atoms with E-state index in [2.05, 4.69) is 0 Å². The van der Waals surface area contributed by atoms with Crippen molar-refractivity contribution in [3.63, 3.8) is 0 Å². The average molecular weight is 337 g/mol. The van der Waals surface area contributed by atoms with Gasteiger partial charge in [-0.25, -0.2) is 13.2 Å². The second kappa shape index (κ2) is 6.78. The SMILES string of the molecule is CC(=O)SCC(C)C(=O)N1C(C)CS(=O)(=O)CC1C(=O)O. The molecular weight excluding hydrogens is 318 g/mol. The van der Waals surface area contributed by atoms with Crippen molar-refractivity contribution in [2.45, 2.75) is 32.9 Å². The number of carboxylic acids is 1. The molecule has 0 aromatic carbocycles. The number of rotatable bonds is 4. The highest BCUT2D eigenvalue weighted by molar-refractivity contribution is 8.13. The quantitative estimate of drug-likeness (QED) is 0.769. The van der Waals surface area contributed by atoms with Crippen LogP contribution in [-0.4, -0.2) is 64.8 Å². The minimum absolute atomic E-state index is 0.126. The van der Waals surface area contributed by atoms with E-state index in [-0.39, 0.29) is 16.6 Å². The molecule has 0 bridgehead atoms. The molecule has 1 fully saturated rings. The average Bonchev–Trinajstić information content (AvgIpc) is 2.32. The predicted octanol–water partition coefficient (Wildman–Crippen LogP) is 0.000900. The van der Waals surface area contributed by atoms with E-state index in [0.29, 0.717) is 0 Å². The second-order valence-corrected chi connectivity index (χ2v) is 8.58. The number of thioether (sulfide) groups is 1. The van der Waals surface area contributed by atoms with Crippen molar-refractivity contribution in [3.05, 3.63) is 0 Å². The maximum atomic E-state index is 12.4. The lowest BCUT2D eigenvalue weighted by Gasteiger charge is -2.39. The molecule has 1 saturated heterocycles. The Morgan fingerprint density at radius 1 is 1.33 bits per heavy atom. The van der Waals surface area contributed by atoms with E-state index in [1.54, 1.807) is 6.92 Å². The lowest BCUT2D eigenvalue weighted by atomic mass is 10.1. The molecule has 0 spiro atoms. The van der Waals surface area contributed by atoms with E-state index in [0.717, 1.165) is 16.7 Å². The summed E-state index contributed by atoms with van der Waals surface area (Å²) in [5, 5.41) is 9.06. The highest BCUT2D eigenvalue weighted by atomic mass is 32.2. The van der Waals surface area contributed by atoms with Crippen LogP contribution >= 0.6 is 11.8 Å². The van der Waals surface area contributed by atoms with E-state index in [4.69, 9.17) is 0 Å². The molecule has 0 saturated carbocycles. The van der Waals surface area contributed by atoms with E-state index in [1.807, 2.05) is 0 Å². The van der Waals surface area contributed by atoms with Crippen LogP contribution in [0, 0.1) is 5.92 Å². The third kappa shape index (κ3) is 4.70. The Bertz CT molecular complexity index is 544. The topological polar surface area (TPSA) is 109 Å². The summed E-state index contributed by atoms with van der Waals surface area (Å²) < 4.78 is 23.4. The molecule has 7 nitrogen and oxygen atoms in total. The number of carboxylic acid groups (broad SMARTS) is 1. The normalized spacial score (nSPS) is 26.1. The number of amides is 1. The molecule has 21 heavy (non-hydrogen) atoms. The summed E-state index contributed by atoms with van der Waals surface area (Å²) in [5.74, 6) is -2.87. The van der Waals surface area contributed by atoms with Crippen LogP contribution in [0.1, 0.15) is 20.8 Å². The fraction of sp³-hybridized carbons (Fsp3) is 0.750. The highest BCUT2D eigenvalue weighted by Gasteiger charge is 2.43. The van der Waals surface area contributed by atoms with Crippen molar-refractivity contribution < 1.29 is 27.9 Å². The molecule has 1 aliphatic rings. The third-order valence-electron chi connectivity index (χ3n) is 3.22. The molecule has 1 aliphatic heterocycles. The van der Waals surface area contributed by atoms with Crippen LogP contribution in [0.25, 0.3) is 0 Å². The van der Waals surface area contributed by atoms with Gasteiger partial charge >= 0.3 is 5.97 Å². The second-order valence-electron chi connectivity index (χ2n) is 5.23. The molecule has 3 unspecified atom stereocenters. The van der Waals surface area contributed by atoms with Crippen molar-refractivity contribution in [1.82, 2.24) is 4.90 Å². The Morgan fingerprint density at radius 3 is 2.38 bits per heavy atom. The molecule has 1 amide bonds. The summed E-state index contributed by atoms with van der Waals surface area (Å²) in [6.45, 7) is 4.51. The van der Waals surface area contributed by atoms with Gasteiger partial charge in [-0.15, -0.1) is 0 Å². The van der Waals surface area contributed by atoms with Gasteiger partial charge in [0.15, 0.2) is 15.0 Å². The molecule has 0 aliphatic carbocycles. The smallest absolute Gasteiger partial charge is 0.327 e. The van der Waals surface area contributed by atoms with E-state index < -0.39 is 45.5 Å². The zero-order valence-electron chi connectivity index (χ0n) is 12.1. The molecule has 3 atom stereocenters. The summed E-state index contributed by atoms with van der Waals surface area (Å²) in [6.07, 6.45) is 0. The first-order valence-corrected chi connectivity index (χ1v) is 9.24. The van der Waals surface area contributed by atoms with Crippen LogP contribution in [0.4, 0.5) is 0 Å². The molecule has 9 heteroatoms. The monoisotopic (exact) mass is 337 g/mol. The fourth-order valence-corrected chi connectivity index (χ4v) is 4.72. The van der Waals surface area contributed by atoms with E-state index in [1.165, 1.54) is 13.8 Å². The number of carbonyl (C=O) groups excluding carboxylic acids is 2. The van der Waals surface area contributed by atoms with Gasteiger partial charge in [0.2, 0.25) is 5.91 Å². The van der Waals surface area contributed by atoms with Gasteiger partial charge < -0.3 is 10.0 Å². The summed E-state index contributed by atoms with van der Waals surface area (Å²) in [7, 11) is -3.48. The van der Waals surface area contributed by atoms with Crippen LogP contribution in [-0.2, 0) is 24.2 Å². The van der Waals surface area contributed by atoms with Crippen molar-refractivity contribution in [1.29, 1.82) is 0 Å². The third-order valence-corrected chi connectivity index (χ3v) is 6.10. The van der Waals surface area contributed by atoms with Gasteiger partial charge in [-0.3, -0.25) is 9.59 Å². The Hall–Kier alpha value is -1.09. The maximum absolute atomic E-state index is 12.4. The van der Waals surface area contributed by atoms with Crippen LogP contribution in [0.3, 0.4) is 0 Å². The minimum atomic E-state index is -3.48. The molecule has 0 radical (unpaired) electrons. The van der Waals surface area contributed by atoms with E-state index >= 15 is 0 Å². The van der Waals surface area contributed by atoms with Crippen LogP contribution in [0.2, 0.25) is 0 Å². The zero-order valence-corrected chi connectivity index (χ0v) is 13.7. The first-order chi connectivity index (χ1) is 9.55. The van der Waals surface area contributed by atoms with Crippen molar-refractivity contribution in [3.8, 4) is 0 Å². The Balaban J connectivity index is 2.93. The van der Waals surface area contributed by atoms with Gasteiger partial charge in [0.25, 0.3) is 0 Å². The first kappa shape index (κ1) is 18.0. The minimum Gasteiger partial charge on any atom is -0.480 e. The molecule has 1 heterocycles. The van der Waals surface area contributed by atoms with Crippen LogP contribution in [0.5, 0.6) is 0 Å². The van der Waals surface area contributed by atoms with Gasteiger partial charge in [0, 0.05) is 24.6 Å². The number of nitrogens with zero attached hydrogens (tertiary/aromatic N) is 1. The molecule has 1 N–H and O–H groups in total. The van der Waals surface area contributed by atoms with E-state index in [9.17, 15) is 27.9 Å². The van der Waals surface area contributed by atoms with Gasteiger partial charge in [0.1, 0.15) is 6.04 Å². The van der Waals surface area contributed by atoms with Crippen molar-refractivity contribution in [2.75, 3.05) is 17.3 Å². The van der Waals surface area contributed by atoms with Crippen molar-refractivity contribution in [2.24, 2.45) is 5.92 Å². The number of carbonyl (C=O) groups is 3. The first-order valence-electron chi connectivity index (χ1n) is 6.44. The van der Waals surface area contributed by atoms with Gasteiger partial charge in [-0.1, -0.05) is 18.7 Å². The molecule has 0 aromatic rings. The molecule has 0 aromatic heterocycles. The number of hydrogen-bond acceptors (Lipinski definition) is 6. The van der Waals surface area contributed by atoms with Crippen molar-refractivity contribution >= 4 is 38.6 Å². The van der Waals surface area contributed by atoms with Gasteiger partial charge in [0.05, 0.1) is 11.5 Å². The Morgan fingerprint density at radius 2 is 1.90 bits per heavy atom. The highest BCUT2D eigenvalue weighted by Crippen LogP contribution is 2.22. The lowest BCUT2D eigenvalue weighted by Crippen LogP contribution is -2.60.